The third-order valence-electron chi connectivity index (χ3n) is 6.12. The Labute approximate surface area is 204 Å². The number of fused-ring (bicyclic) bond motifs is 1. The Morgan fingerprint density at radius 3 is 2.62 bits per heavy atom. The molecule has 1 aliphatic heterocycles. The lowest BCUT2D eigenvalue weighted by Crippen LogP contribution is -2.31. The van der Waals surface area contributed by atoms with Crippen LogP contribution >= 0.6 is 15.9 Å². The normalized spacial score (nSPS) is 16.0. The summed E-state index contributed by atoms with van der Waals surface area (Å²) in [5.41, 5.74) is 4.26. The van der Waals surface area contributed by atoms with Crippen molar-refractivity contribution in [2.75, 3.05) is 0 Å². The number of halogens is 1. The van der Waals surface area contributed by atoms with Crippen molar-refractivity contribution in [3.05, 3.63) is 111 Å². The van der Waals surface area contributed by atoms with Gasteiger partial charge in [0, 0.05) is 28.8 Å². The number of aliphatic hydroxyl groups excluding tert-OH is 1. The summed E-state index contributed by atoms with van der Waals surface area (Å²) in [7, 11) is 0. The van der Waals surface area contributed by atoms with E-state index >= 15 is 0 Å². The number of benzene rings is 2. The molecule has 0 aliphatic carbocycles. The van der Waals surface area contributed by atoms with E-state index < -0.39 is 23.5 Å². The van der Waals surface area contributed by atoms with E-state index in [0.29, 0.717) is 11.1 Å². The van der Waals surface area contributed by atoms with Crippen LogP contribution in [0.3, 0.4) is 0 Å². The molecule has 0 saturated heterocycles. The number of rotatable bonds is 5. The van der Waals surface area contributed by atoms with Crippen molar-refractivity contribution < 1.29 is 19.1 Å². The van der Waals surface area contributed by atoms with E-state index in [-0.39, 0.29) is 17.9 Å². The predicted octanol–water partition coefficient (Wildman–Crippen LogP) is 5.99. The number of nitrogens with zero attached hydrogens (tertiary/aromatic N) is 2. The largest absolute Gasteiger partial charge is 0.503 e. The van der Waals surface area contributed by atoms with E-state index in [1.807, 2.05) is 44.2 Å². The number of aryl methyl sites for hydroxylation is 2. The summed E-state index contributed by atoms with van der Waals surface area (Å²) in [6, 6.07) is 15.8. The van der Waals surface area contributed by atoms with Gasteiger partial charge in [0.2, 0.25) is 5.78 Å². The number of pyridine rings is 1. The molecule has 0 saturated carbocycles. The van der Waals surface area contributed by atoms with Gasteiger partial charge in [-0.25, -0.2) is 0 Å². The zero-order valence-corrected chi connectivity index (χ0v) is 20.2. The molecule has 4 aromatic rings. The number of carbonyl (C=O) groups is 2. The Kier molecular flexibility index (Phi) is 5.57. The van der Waals surface area contributed by atoms with Crippen LogP contribution in [0.1, 0.15) is 38.9 Å². The first-order valence-electron chi connectivity index (χ1n) is 10.8. The van der Waals surface area contributed by atoms with Crippen LogP contribution in [-0.4, -0.2) is 26.7 Å². The second-order valence-corrected chi connectivity index (χ2v) is 9.35. The molecule has 1 aliphatic rings. The highest BCUT2D eigenvalue weighted by molar-refractivity contribution is 9.10. The van der Waals surface area contributed by atoms with Gasteiger partial charge in [-0.05, 0) is 66.9 Å². The maximum Gasteiger partial charge on any atom is 0.290 e. The van der Waals surface area contributed by atoms with Crippen LogP contribution in [0.25, 0.3) is 11.0 Å². The lowest BCUT2D eigenvalue weighted by atomic mass is 9.95. The number of hydrogen-bond donors (Lipinski definition) is 1. The molecule has 1 unspecified atom stereocenters. The van der Waals surface area contributed by atoms with E-state index in [1.54, 1.807) is 36.7 Å². The molecule has 0 bridgehead atoms. The number of aromatic nitrogens is 1. The van der Waals surface area contributed by atoms with Crippen molar-refractivity contribution >= 4 is 38.6 Å². The molecule has 5 rings (SSSR count). The molecule has 1 N–H and O–H groups in total. The number of Topliss-reactive ketones (excluding diaryl/α,β-unsaturated/α-hetero) is 1. The summed E-state index contributed by atoms with van der Waals surface area (Å²) in [6.45, 7) is 4.20. The smallest absolute Gasteiger partial charge is 0.290 e. The van der Waals surface area contributed by atoms with Gasteiger partial charge in [-0.2, -0.15) is 0 Å². The van der Waals surface area contributed by atoms with E-state index in [2.05, 4.69) is 20.9 Å². The van der Waals surface area contributed by atoms with E-state index in [4.69, 9.17) is 4.42 Å². The van der Waals surface area contributed by atoms with Gasteiger partial charge in [0.05, 0.1) is 11.6 Å². The van der Waals surface area contributed by atoms with Crippen molar-refractivity contribution in [1.29, 1.82) is 0 Å². The molecule has 170 valence electrons. The number of furan rings is 1. The van der Waals surface area contributed by atoms with E-state index in [1.165, 1.54) is 4.90 Å². The van der Waals surface area contributed by atoms with Gasteiger partial charge in [0.1, 0.15) is 5.58 Å². The standard InChI is InChI=1S/C27H21BrN2O4/c1-15-3-4-16(2)19(11-15)14-30-24(17-7-9-29-10-8-17)23(26(32)27(30)33)25(31)22-13-18-12-20(28)5-6-21(18)34-22/h3-13,24,32H,14H2,1-2H3. The molecule has 1 atom stereocenters. The van der Waals surface area contributed by atoms with Crippen LogP contribution in [0.4, 0.5) is 0 Å². The molecule has 0 spiro atoms. The molecule has 2 aromatic carbocycles. The number of amides is 1. The average Bonchev–Trinajstić information content (AvgIpc) is 3.35. The minimum absolute atomic E-state index is 0.000345. The lowest BCUT2D eigenvalue weighted by Gasteiger charge is -2.27. The third kappa shape index (κ3) is 3.82. The molecule has 34 heavy (non-hydrogen) atoms. The first-order valence-corrected chi connectivity index (χ1v) is 11.6. The predicted molar refractivity (Wildman–Crippen MR) is 131 cm³/mol. The number of hydrogen-bond acceptors (Lipinski definition) is 5. The summed E-state index contributed by atoms with van der Waals surface area (Å²) < 4.78 is 6.65. The quantitative estimate of drug-likeness (QED) is 0.329. The second-order valence-electron chi connectivity index (χ2n) is 8.43. The van der Waals surface area contributed by atoms with Gasteiger partial charge in [-0.15, -0.1) is 0 Å². The van der Waals surface area contributed by atoms with E-state index in [0.717, 1.165) is 26.5 Å². The fraction of sp³-hybridized carbons (Fsp3) is 0.148. The molecule has 0 fully saturated rings. The highest BCUT2D eigenvalue weighted by Gasteiger charge is 2.44. The Bertz CT molecular complexity index is 1470. The molecule has 2 aromatic heterocycles. The lowest BCUT2D eigenvalue weighted by molar-refractivity contribution is -0.130. The summed E-state index contributed by atoms with van der Waals surface area (Å²) in [5.74, 6) is -1.61. The summed E-state index contributed by atoms with van der Waals surface area (Å²) >= 11 is 3.42. The molecule has 3 heterocycles. The maximum absolute atomic E-state index is 13.6. The van der Waals surface area contributed by atoms with Gasteiger partial charge < -0.3 is 14.4 Å². The van der Waals surface area contributed by atoms with Crippen LogP contribution in [0.2, 0.25) is 0 Å². The molecular weight excluding hydrogens is 496 g/mol. The van der Waals surface area contributed by atoms with Crippen molar-refractivity contribution in [3.63, 3.8) is 0 Å². The monoisotopic (exact) mass is 516 g/mol. The van der Waals surface area contributed by atoms with Gasteiger partial charge in [0.15, 0.2) is 11.5 Å². The molecular formula is C27H21BrN2O4. The van der Waals surface area contributed by atoms with Crippen molar-refractivity contribution in [2.45, 2.75) is 26.4 Å². The minimum atomic E-state index is -0.775. The summed E-state index contributed by atoms with van der Waals surface area (Å²) in [4.78, 5) is 32.5. The number of aliphatic hydroxyl groups is 1. The molecule has 0 radical (unpaired) electrons. The van der Waals surface area contributed by atoms with Gasteiger partial charge in [-0.1, -0.05) is 39.7 Å². The van der Waals surface area contributed by atoms with Crippen molar-refractivity contribution in [1.82, 2.24) is 9.88 Å². The Morgan fingerprint density at radius 2 is 1.85 bits per heavy atom. The Morgan fingerprint density at radius 1 is 1.09 bits per heavy atom. The van der Waals surface area contributed by atoms with Gasteiger partial charge in [0.25, 0.3) is 5.91 Å². The fourth-order valence-electron chi connectivity index (χ4n) is 4.35. The first kappa shape index (κ1) is 22.1. The average molecular weight is 517 g/mol. The van der Waals surface area contributed by atoms with Crippen LogP contribution in [-0.2, 0) is 11.3 Å². The Hall–Kier alpha value is -3.71. The minimum Gasteiger partial charge on any atom is -0.503 e. The topological polar surface area (TPSA) is 83.6 Å². The first-order chi connectivity index (χ1) is 16.3. The zero-order valence-electron chi connectivity index (χ0n) is 18.6. The van der Waals surface area contributed by atoms with Crippen molar-refractivity contribution in [3.8, 4) is 0 Å². The van der Waals surface area contributed by atoms with Gasteiger partial charge in [-0.3, -0.25) is 14.6 Å². The number of ketones is 1. The summed E-state index contributed by atoms with van der Waals surface area (Å²) in [6.07, 6.45) is 3.21. The van der Waals surface area contributed by atoms with Crippen LogP contribution in [0.5, 0.6) is 0 Å². The second kappa shape index (κ2) is 8.57. The zero-order chi connectivity index (χ0) is 24.0. The van der Waals surface area contributed by atoms with Crippen LogP contribution in [0, 0.1) is 13.8 Å². The summed E-state index contributed by atoms with van der Waals surface area (Å²) in [5, 5.41) is 11.7. The van der Waals surface area contributed by atoms with Gasteiger partial charge >= 0.3 is 0 Å². The maximum atomic E-state index is 13.6. The highest BCUT2D eigenvalue weighted by atomic mass is 79.9. The van der Waals surface area contributed by atoms with Crippen molar-refractivity contribution in [2.24, 2.45) is 0 Å². The SMILES string of the molecule is Cc1ccc(C)c(CN2C(=O)C(O)=C(C(=O)c3cc4cc(Br)ccc4o3)C2c2ccncc2)c1. The third-order valence-corrected chi connectivity index (χ3v) is 6.61. The van der Waals surface area contributed by atoms with E-state index in [9.17, 15) is 14.7 Å². The highest BCUT2D eigenvalue weighted by Crippen LogP contribution is 2.40. The molecule has 7 heteroatoms. The number of carbonyl (C=O) groups excluding carboxylic acids is 2. The molecule has 1 amide bonds. The van der Waals surface area contributed by atoms with Crippen LogP contribution < -0.4 is 0 Å². The Balaban J connectivity index is 1.60. The fourth-order valence-corrected chi connectivity index (χ4v) is 4.73. The van der Waals surface area contributed by atoms with Crippen LogP contribution in [0.15, 0.2) is 87.2 Å². The molecule has 6 nitrogen and oxygen atoms in total.